The molecule has 0 bridgehead atoms. The van der Waals surface area contributed by atoms with Crippen LogP contribution in [-0.2, 0) is 6.54 Å². The van der Waals surface area contributed by atoms with Gasteiger partial charge in [0, 0.05) is 19.6 Å². The van der Waals surface area contributed by atoms with Gasteiger partial charge in [-0.1, -0.05) is 36.8 Å². The fourth-order valence-electron chi connectivity index (χ4n) is 3.19. The number of nitrogens with one attached hydrogen (secondary N) is 1. The number of hydrogen-bond donors (Lipinski definition) is 1. The molecule has 0 aliphatic carbocycles. The Morgan fingerprint density at radius 2 is 2.21 bits per heavy atom. The highest BCUT2D eigenvalue weighted by Gasteiger charge is 2.22. The molecule has 1 atom stereocenters. The van der Waals surface area contributed by atoms with Gasteiger partial charge in [0.25, 0.3) is 5.91 Å². The predicted molar refractivity (Wildman–Crippen MR) is 97.0 cm³/mol. The van der Waals surface area contributed by atoms with Crippen LogP contribution in [0.25, 0.3) is 0 Å². The van der Waals surface area contributed by atoms with Crippen molar-refractivity contribution in [2.45, 2.75) is 33.2 Å². The van der Waals surface area contributed by atoms with Crippen LogP contribution in [0.5, 0.6) is 0 Å². The molecule has 4 nitrogen and oxygen atoms in total. The van der Waals surface area contributed by atoms with Crippen molar-refractivity contribution in [1.82, 2.24) is 9.88 Å². The summed E-state index contributed by atoms with van der Waals surface area (Å²) in [5.41, 5.74) is 3.95. The summed E-state index contributed by atoms with van der Waals surface area (Å²) in [5.74, 6) is 0.629. The van der Waals surface area contributed by atoms with E-state index in [0.29, 0.717) is 11.6 Å². The van der Waals surface area contributed by atoms with Gasteiger partial charge < -0.3 is 10.2 Å². The number of carbonyl (C=O) groups is 1. The Morgan fingerprint density at radius 3 is 2.92 bits per heavy atom. The number of amides is 1. The Kier molecular flexibility index (Phi) is 5.14. The maximum atomic E-state index is 12.5. The molecule has 1 saturated heterocycles. The molecule has 4 heteroatoms. The van der Waals surface area contributed by atoms with E-state index in [2.05, 4.69) is 48.4 Å². The van der Waals surface area contributed by atoms with Crippen molar-refractivity contribution in [2.75, 3.05) is 18.4 Å². The number of anilines is 1. The molecule has 1 aliphatic heterocycles. The van der Waals surface area contributed by atoms with Crippen molar-refractivity contribution in [3.63, 3.8) is 0 Å². The van der Waals surface area contributed by atoms with Gasteiger partial charge in [-0.2, -0.15) is 0 Å². The summed E-state index contributed by atoms with van der Waals surface area (Å²) in [5, 5.41) is 3.35. The van der Waals surface area contributed by atoms with Crippen LogP contribution in [0.2, 0.25) is 0 Å². The first-order valence-electron chi connectivity index (χ1n) is 8.66. The fraction of sp³-hybridized carbons (Fsp3) is 0.400. The van der Waals surface area contributed by atoms with Gasteiger partial charge in [0.2, 0.25) is 0 Å². The normalized spacial score (nSPS) is 17.6. The van der Waals surface area contributed by atoms with Gasteiger partial charge in [0.05, 0.1) is 11.9 Å². The zero-order valence-corrected chi connectivity index (χ0v) is 14.5. The minimum absolute atomic E-state index is 0.0479. The minimum atomic E-state index is 0.0479. The molecule has 126 valence electrons. The van der Waals surface area contributed by atoms with Crippen molar-refractivity contribution in [3.05, 3.63) is 59.4 Å². The van der Waals surface area contributed by atoms with E-state index >= 15 is 0 Å². The van der Waals surface area contributed by atoms with Crippen LogP contribution in [-0.4, -0.2) is 28.9 Å². The van der Waals surface area contributed by atoms with Crippen LogP contribution >= 0.6 is 0 Å². The second-order valence-corrected chi connectivity index (χ2v) is 6.77. The summed E-state index contributed by atoms with van der Waals surface area (Å²) in [4.78, 5) is 18.8. The number of hydrogen-bond acceptors (Lipinski definition) is 3. The Hall–Kier alpha value is -2.36. The molecule has 24 heavy (non-hydrogen) atoms. The van der Waals surface area contributed by atoms with E-state index in [1.807, 2.05) is 17.0 Å². The number of aromatic nitrogens is 1. The molecule has 0 saturated carbocycles. The molecule has 0 radical (unpaired) electrons. The quantitative estimate of drug-likeness (QED) is 0.929. The largest absolute Gasteiger partial charge is 0.380 e. The van der Waals surface area contributed by atoms with Crippen LogP contribution in [0, 0.1) is 12.8 Å². The number of aryl methyl sites for hydroxylation is 1. The molecule has 1 aromatic carbocycles. The van der Waals surface area contributed by atoms with E-state index in [0.717, 1.165) is 31.7 Å². The maximum Gasteiger partial charge on any atom is 0.272 e. The SMILES string of the molecule is Cc1cccc(CNc2ccc(C(=O)N3CCCC(C)C3)nc2)c1. The number of carbonyl (C=O) groups excluding carboxylic acids is 1. The lowest BCUT2D eigenvalue weighted by Crippen LogP contribution is -2.39. The lowest BCUT2D eigenvalue weighted by Gasteiger charge is -2.30. The summed E-state index contributed by atoms with van der Waals surface area (Å²) in [7, 11) is 0. The third-order valence-electron chi connectivity index (χ3n) is 4.51. The van der Waals surface area contributed by atoms with Crippen LogP contribution in [0.4, 0.5) is 5.69 Å². The van der Waals surface area contributed by atoms with Gasteiger partial charge in [-0.15, -0.1) is 0 Å². The predicted octanol–water partition coefficient (Wildman–Crippen LogP) is 3.87. The highest BCUT2D eigenvalue weighted by molar-refractivity contribution is 5.92. The van der Waals surface area contributed by atoms with E-state index in [-0.39, 0.29) is 5.91 Å². The Balaban J connectivity index is 1.59. The molecule has 0 spiro atoms. The maximum absolute atomic E-state index is 12.5. The monoisotopic (exact) mass is 323 g/mol. The highest BCUT2D eigenvalue weighted by Crippen LogP contribution is 2.18. The van der Waals surface area contributed by atoms with E-state index < -0.39 is 0 Å². The van der Waals surface area contributed by atoms with Gasteiger partial charge in [-0.05, 0) is 43.4 Å². The van der Waals surface area contributed by atoms with Crippen molar-refractivity contribution in [1.29, 1.82) is 0 Å². The number of piperidine rings is 1. The van der Waals surface area contributed by atoms with Crippen LogP contribution in [0.3, 0.4) is 0 Å². The molecular weight excluding hydrogens is 298 g/mol. The Bertz CT molecular complexity index is 696. The summed E-state index contributed by atoms with van der Waals surface area (Å²) >= 11 is 0. The van der Waals surface area contributed by atoms with Gasteiger partial charge in [0.1, 0.15) is 5.69 Å². The Morgan fingerprint density at radius 1 is 1.33 bits per heavy atom. The van der Waals surface area contributed by atoms with Gasteiger partial charge in [-0.3, -0.25) is 4.79 Å². The van der Waals surface area contributed by atoms with Gasteiger partial charge in [0.15, 0.2) is 0 Å². The van der Waals surface area contributed by atoms with E-state index in [1.165, 1.54) is 17.5 Å². The molecule has 1 fully saturated rings. The highest BCUT2D eigenvalue weighted by atomic mass is 16.2. The van der Waals surface area contributed by atoms with Crippen LogP contribution in [0.1, 0.15) is 41.4 Å². The topological polar surface area (TPSA) is 45.2 Å². The first-order valence-corrected chi connectivity index (χ1v) is 8.66. The molecule has 2 aromatic rings. The standard InChI is InChI=1S/C20H25N3O/c1-15-5-3-7-17(11-15)12-21-18-8-9-19(22-13-18)20(24)23-10-4-6-16(2)14-23/h3,5,7-9,11,13,16,21H,4,6,10,12,14H2,1-2H3. The van der Waals surface area contributed by atoms with Gasteiger partial charge in [-0.25, -0.2) is 4.98 Å². The average Bonchev–Trinajstić information content (AvgIpc) is 2.60. The number of rotatable bonds is 4. The first kappa shape index (κ1) is 16.5. The smallest absolute Gasteiger partial charge is 0.272 e. The van der Waals surface area contributed by atoms with Crippen LogP contribution in [0.15, 0.2) is 42.6 Å². The molecule has 3 rings (SSSR count). The number of nitrogens with zero attached hydrogens (tertiary/aromatic N) is 2. The minimum Gasteiger partial charge on any atom is -0.380 e. The molecule has 2 heterocycles. The molecular formula is C20H25N3O. The van der Waals surface area contributed by atoms with Crippen molar-refractivity contribution in [3.8, 4) is 0 Å². The zero-order chi connectivity index (χ0) is 16.9. The second-order valence-electron chi connectivity index (χ2n) is 6.77. The summed E-state index contributed by atoms with van der Waals surface area (Å²) in [6.45, 7) is 6.73. The van der Waals surface area contributed by atoms with Crippen molar-refractivity contribution >= 4 is 11.6 Å². The van der Waals surface area contributed by atoms with E-state index in [4.69, 9.17) is 0 Å². The third kappa shape index (κ3) is 4.13. The zero-order valence-electron chi connectivity index (χ0n) is 14.5. The average molecular weight is 323 g/mol. The Labute approximate surface area is 143 Å². The molecule has 1 amide bonds. The summed E-state index contributed by atoms with van der Waals surface area (Å²) < 4.78 is 0. The van der Waals surface area contributed by atoms with Crippen LogP contribution < -0.4 is 5.32 Å². The first-order chi connectivity index (χ1) is 11.6. The number of pyridine rings is 1. The molecule has 1 aromatic heterocycles. The van der Waals surface area contributed by atoms with Gasteiger partial charge >= 0.3 is 0 Å². The van der Waals surface area contributed by atoms with E-state index in [9.17, 15) is 4.79 Å². The lowest BCUT2D eigenvalue weighted by molar-refractivity contribution is 0.0677. The van der Waals surface area contributed by atoms with E-state index in [1.54, 1.807) is 6.20 Å². The third-order valence-corrected chi connectivity index (χ3v) is 4.51. The molecule has 1 unspecified atom stereocenters. The summed E-state index contributed by atoms with van der Waals surface area (Å²) in [6.07, 6.45) is 4.04. The van der Waals surface area contributed by atoms with Crippen molar-refractivity contribution in [2.24, 2.45) is 5.92 Å². The summed E-state index contributed by atoms with van der Waals surface area (Å²) in [6, 6.07) is 12.2. The molecule has 1 N–H and O–H groups in total. The number of likely N-dealkylation sites (tertiary alicyclic amines) is 1. The second kappa shape index (κ2) is 7.47. The lowest BCUT2D eigenvalue weighted by atomic mass is 10.00. The van der Waals surface area contributed by atoms with Crippen molar-refractivity contribution < 1.29 is 4.79 Å². The molecule has 1 aliphatic rings. The number of benzene rings is 1. The fourth-order valence-corrected chi connectivity index (χ4v) is 3.19.